The normalized spacial score (nSPS) is 11.6. The molecule has 0 atom stereocenters. The summed E-state index contributed by atoms with van der Waals surface area (Å²) in [7, 11) is 0. The molecule has 0 radical (unpaired) electrons. The first-order chi connectivity index (χ1) is 8.84. The Balaban J connectivity index is 2.22. The second kappa shape index (κ2) is 8.82. The highest BCUT2D eigenvalue weighted by Crippen LogP contribution is 2.12. The minimum atomic E-state index is 0.253. The van der Waals surface area contributed by atoms with Crippen LogP contribution < -0.4 is 5.32 Å². The lowest BCUT2D eigenvalue weighted by atomic mass is 10.2. The van der Waals surface area contributed by atoms with Crippen molar-refractivity contribution in [2.45, 2.75) is 0 Å². The molecule has 0 aliphatic heterocycles. The van der Waals surface area contributed by atoms with Gasteiger partial charge in [0.25, 0.3) is 0 Å². The van der Waals surface area contributed by atoms with Crippen molar-refractivity contribution in [2.75, 3.05) is 13.1 Å². The lowest BCUT2D eigenvalue weighted by Gasteiger charge is -1.98. The molecule has 1 aromatic carbocycles. The number of nitrogens with zero attached hydrogens (tertiary/aromatic N) is 1. The molecule has 0 bridgehead atoms. The summed E-state index contributed by atoms with van der Waals surface area (Å²) in [6.45, 7) is 4.98. The topological polar surface area (TPSA) is 44.6 Å². The molecule has 0 heterocycles. The third-order valence-electron chi connectivity index (χ3n) is 2.12. The molecule has 0 unspecified atom stereocenters. The number of phenolic OH excluding ortho intramolecular Hbond substituents is 1. The number of hydrogen-bond acceptors (Lipinski definition) is 3. The summed E-state index contributed by atoms with van der Waals surface area (Å²) in [5.74, 6) is 0.253. The van der Waals surface area contributed by atoms with Crippen LogP contribution in [-0.4, -0.2) is 24.4 Å². The van der Waals surface area contributed by atoms with E-state index in [4.69, 9.17) is 0 Å². The third kappa shape index (κ3) is 5.70. The van der Waals surface area contributed by atoms with E-state index < -0.39 is 0 Å². The van der Waals surface area contributed by atoms with Crippen molar-refractivity contribution in [3.63, 3.8) is 0 Å². The van der Waals surface area contributed by atoms with Crippen LogP contribution in [0, 0.1) is 0 Å². The highest BCUT2D eigenvalue weighted by Gasteiger charge is 1.93. The third-order valence-corrected chi connectivity index (χ3v) is 2.12. The van der Waals surface area contributed by atoms with E-state index in [0.717, 1.165) is 12.1 Å². The Bertz CT molecular complexity index is 448. The smallest absolute Gasteiger partial charge is 0.124 e. The number of aliphatic imine (C=N–C) groups is 1. The van der Waals surface area contributed by atoms with Crippen LogP contribution in [-0.2, 0) is 0 Å². The molecular formula is C15H18N2O. The number of para-hydroxylation sites is 1. The monoisotopic (exact) mass is 242 g/mol. The molecule has 1 rings (SSSR count). The zero-order valence-electron chi connectivity index (χ0n) is 10.3. The van der Waals surface area contributed by atoms with Gasteiger partial charge in [-0.3, -0.25) is 4.99 Å². The van der Waals surface area contributed by atoms with E-state index in [1.54, 1.807) is 24.4 Å². The molecule has 0 amide bonds. The SMILES string of the molecule is C=C/C=C\C=CNCCN=Cc1ccccc1O. The Morgan fingerprint density at radius 1 is 1.22 bits per heavy atom. The minimum absolute atomic E-state index is 0.253. The Hall–Kier alpha value is -2.29. The van der Waals surface area contributed by atoms with Crippen molar-refractivity contribution < 1.29 is 5.11 Å². The predicted molar refractivity (Wildman–Crippen MR) is 77.0 cm³/mol. The molecular weight excluding hydrogens is 224 g/mol. The van der Waals surface area contributed by atoms with Gasteiger partial charge in [0.2, 0.25) is 0 Å². The van der Waals surface area contributed by atoms with Crippen LogP contribution in [0.5, 0.6) is 5.75 Å². The summed E-state index contributed by atoms with van der Waals surface area (Å²) >= 11 is 0. The summed E-state index contributed by atoms with van der Waals surface area (Å²) in [5, 5.41) is 12.6. The standard InChI is InChI=1S/C15H18N2O/c1-2-3-4-7-10-16-11-12-17-13-14-8-5-6-9-15(14)18/h2-10,13,16,18H,1,11-12H2/b4-3-,10-7?,17-13?. The minimum Gasteiger partial charge on any atom is -0.507 e. The number of benzene rings is 1. The first-order valence-electron chi connectivity index (χ1n) is 5.80. The van der Waals surface area contributed by atoms with Gasteiger partial charge in [0.1, 0.15) is 5.75 Å². The van der Waals surface area contributed by atoms with Gasteiger partial charge in [-0.05, 0) is 24.4 Å². The lowest BCUT2D eigenvalue weighted by molar-refractivity contribution is 0.474. The van der Waals surface area contributed by atoms with E-state index in [-0.39, 0.29) is 5.75 Å². The maximum atomic E-state index is 9.50. The predicted octanol–water partition coefficient (Wildman–Crippen LogP) is 2.66. The largest absolute Gasteiger partial charge is 0.507 e. The summed E-state index contributed by atoms with van der Waals surface area (Å²) in [4.78, 5) is 4.22. The van der Waals surface area contributed by atoms with Gasteiger partial charge in [-0.25, -0.2) is 0 Å². The van der Waals surface area contributed by atoms with E-state index in [1.807, 2.05) is 36.6 Å². The Kier molecular flexibility index (Phi) is 6.75. The van der Waals surface area contributed by atoms with Gasteiger partial charge >= 0.3 is 0 Å². The number of phenols is 1. The molecule has 3 nitrogen and oxygen atoms in total. The van der Waals surface area contributed by atoms with Gasteiger partial charge in [0, 0.05) is 18.3 Å². The molecule has 0 aliphatic carbocycles. The highest BCUT2D eigenvalue weighted by atomic mass is 16.3. The van der Waals surface area contributed by atoms with Crippen LogP contribution in [0.3, 0.4) is 0 Å². The summed E-state index contributed by atoms with van der Waals surface area (Å²) in [5.41, 5.74) is 0.738. The van der Waals surface area contributed by atoms with Crippen LogP contribution in [0.4, 0.5) is 0 Å². The summed E-state index contributed by atoms with van der Waals surface area (Å²) in [6, 6.07) is 7.13. The average Bonchev–Trinajstić information content (AvgIpc) is 2.39. The molecule has 94 valence electrons. The fourth-order valence-electron chi connectivity index (χ4n) is 1.24. The average molecular weight is 242 g/mol. The van der Waals surface area contributed by atoms with E-state index >= 15 is 0 Å². The van der Waals surface area contributed by atoms with Crippen molar-refractivity contribution in [1.82, 2.24) is 5.32 Å². The molecule has 18 heavy (non-hydrogen) atoms. The van der Waals surface area contributed by atoms with E-state index in [9.17, 15) is 5.11 Å². The fourth-order valence-corrected chi connectivity index (χ4v) is 1.24. The molecule has 0 fully saturated rings. The first kappa shape index (κ1) is 13.8. The van der Waals surface area contributed by atoms with Gasteiger partial charge < -0.3 is 10.4 Å². The summed E-state index contributed by atoms with van der Waals surface area (Å²) in [6.07, 6.45) is 10.9. The van der Waals surface area contributed by atoms with Crippen LogP contribution in [0.2, 0.25) is 0 Å². The first-order valence-corrected chi connectivity index (χ1v) is 5.80. The van der Waals surface area contributed by atoms with E-state index in [2.05, 4.69) is 16.9 Å². The van der Waals surface area contributed by atoms with Gasteiger partial charge in [0.15, 0.2) is 0 Å². The maximum Gasteiger partial charge on any atom is 0.124 e. The van der Waals surface area contributed by atoms with Crippen LogP contribution in [0.15, 0.2) is 66.3 Å². The number of nitrogens with one attached hydrogen (secondary N) is 1. The molecule has 0 saturated carbocycles. The zero-order chi connectivity index (χ0) is 13.1. The van der Waals surface area contributed by atoms with Gasteiger partial charge in [0.05, 0.1) is 6.54 Å². The molecule has 1 aromatic rings. The molecule has 3 heteroatoms. The highest BCUT2D eigenvalue weighted by molar-refractivity contribution is 5.83. The maximum absolute atomic E-state index is 9.50. The van der Waals surface area contributed by atoms with Crippen molar-refractivity contribution >= 4 is 6.21 Å². The van der Waals surface area contributed by atoms with Crippen molar-refractivity contribution in [3.05, 3.63) is 66.9 Å². The number of aromatic hydroxyl groups is 1. The molecule has 0 aliphatic rings. The van der Waals surface area contributed by atoms with E-state index in [1.165, 1.54) is 0 Å². The molecule has 0 aromatic heterocycles. The second-order valence-electron chi connectivity index (χ2n) is 3.53. The van der Waals surface area contributed by atoms with Crippen molar-refractivity contribution in [2.24, 2.45) is 4.99 Å². The Morgan fingerprint density at radius 2 is 2.06 bits per heavy atom. The summed E-state index contributed by atoms with van der Waals surface area (Å²) < 4.78 is 0. The van der Waals surface area contributed by atoms with Crippen LogP contribution in [0.1, 0.15) is 5.56 Å². The van der Waals surface area contributed by atoms with Gasteiger partial charge in [-0.1, -0.05) is 36.9 Å². The van der Waals surface area contributed by atoms with Crippen molar-refractivity contribution in [1.29, 1.82) is 0 Å². The van der Waals surface area contributed by atoms with Gasteiger partial charge in [-0.15, -0.1) is 0 Å². The zero-order valence-corrected chi connectivity index (χ0v) is 10.3. The number of hydrogen-bond donors (Lipinski definition) is 2. The number of allylic oxidation sites excluding steroid dienone is 4. The lowest BCUT2D eigenvalue weighted by Crippen LogP contribution is -2.09. The Morgan fingerprint density at radius 3 is 2.83 bits per heavy atom. The molecule has 0 saturated heterocycles. The van der Waals surface area contributed by atoms with E-state index in [0.29, 0.717) is 6.54 Å². The second-order valence-corrected chi connectivity index (χ2v) is 3.53. The quantitative estimate of drug-likeness (QED) is 0.438. The van der Waals surface area contributed by atoms with Gasteiger partial charge in [-0.2, -0.15) is 0 Å². The number of rotatable bonds is 7. The Labute approximate surface area is 108 Å². The molecule has 2 N–H and O–H groups in total. The molecule has 0 spiro atoms. The fraction of sp³-hybridized carbons (Fsp3) is 0.133. The van der Waals surface area contributed by atoms with Crippen LogP contribution >= 0.6 is 0 Å². The van der Waals surface area contributed by atoms with Crippen LogP contribution in [0.25, 0.3) is 0 Å². The van der Waals surface area contributed by atoms with Crippen molar-refractivity contribution in [3.8, 4) is 5.75 Å².